The number of benzene rings is 1. The lowest BCUT2D eigenvalue weighted by atomic mass is 9.86. The van der Waals surface area contributed by atoms with E-state index in [1.807, 2.05) is 49.4 Å². The Balaban J connectivity index is 1.94. The van der Waals surface area contributed by atoms with E-state index in [0.29, 0.717) is 19.3 Å². The van der Waals surface area contributed by atoms with Crippen molar-refractivity contribution in [3.05, 3.63) is 53.8 Å². The minimum atomic E-state index is -0.639. The first-order chi connectivity index (χ1) is 10.1. The lowest BCUT2D eigenvalue weighted by molar-refractivity contribution is -0.107. The number of anilines is 1. The third kappa shape index (κ3) is 2.37. The van der Waals surface area contributed by atoms with Gasteiger partial charge in [0.1, 0.15) is 6.29 Å². The number of allylic oxidation sites excluding steroid dienone is 2. The van der Waals surface area contributed by atoms with Gasteiger partial charge in [-0.05, 0) is 31.6 Å². The molecule has 1 atom stereocenters. The van der Waals surface area contributed by atoms with Crippen molar-refractivity contribution >= 4 is 18.1 Å². The zero-order valence-corrected chi connectivity index (χ0v) is 11.9. The summed E-state index contributed by atoms with van der Waals surface area (Å²) in [6.07, 6.45) is 6.36. The summed E-state index contributed by atoms with van der Waals surface area (Å²) >= 11 is 0. The van der Waals surface area contributed by atoms with Gasteiger partial charge in [-0.1, -0.05) is 29.8 Å². The highest BCUT2D eigenvalue weighted by molar-refractivity contribution is 5.95. The highest BCUT2D eigenvalue weighted by Crippen LogP contribution is 2.43. The number of carbonyl (C=O) groups excluding carboxylic acids is 2. The van der Waals surface area contributed by atoms with Crippen molar-refractivity contribution in [1.29, 1.82) is 0 Å². The van der Waals surface area contributed by atoms with E-state index in [-0.39, 0.29) is 6.09 Å². The van der Waals surface area contributed by atoms with Gasteiger partial charge in [-0.15, -0.1) is 0 Å². The van der Waals surface area contributed by atoms with Crippen molar-refractivity contribution in [1.82, 2.24) is 0 Å². The van der Waals surface area contributed by atoms with Crippen LogP contribution in [0.1, 0.15) is 26.2 Å². The maximum Gasteiger partial charge on any atom is 0.419 e. The van der Waals surface area contributed by atoms with Crippen molar-refractivity contribution in [3.63, 3.8) is 0 Å². The first kappa shape index (κ1) is 13.6. The van der Waals surface area contributed by atoms with E-state index in [2.05, 4.69) is 0 Å². The van der Waals surface area contributed by atoms with E-state index in [4.69, 9.17) is 4.74 Å². The molecule has 1 saturated heterocycles. The molecule has 0 spiro atoms. The predicted octanol–water partition coefficient (Wildman–Crippen LogP) is 3.60. The second-order valence-corrected chi connectivity index (χ2v) is 5.53. The van der Waals surface area contributed by atoms with Crippen molar-refractivity contribution in [2.45, 2.75) is 31.8 Å². The van der Waals surface area contributed by atoms with Gasteiger partial charge in [0, 0.05) is 12.8 Å². The predicted molar refractivity (Wildman–Crippen MR) is 79.9 cm³/mol. The summed E-state index contributed by atoms with van der Waals surface area (Å²) in [7, 11) is 0. The Labute approximate surface area is 123 Å². The number of nitrogens with zero attached hydrogens (tertiary/aromatic N) is 1. The molecule has 0 saturated carbocycles. The van der Waals surface area contributed by atoms with Crippen LogP contribution >= 0.6 is 0 Å². The number of hydrogen-bond donors (Lipinski definition) is 0. The van der Waals surface area contributed by atoms with Gasteiger partial charge in [-0.25, -0.2) is 9.69 Å². The summed E-state index contributed by atoms with van der Waals surface area (Å²) in [4.78, 5) is 24.4. The van der Waals surface area contributed by atoms with Crippen molar-refractivity contribution in [2.75, 3.05) is 4.90 Å². The second kappa shape index (κ2) is 5.20. The van der Waals surface area contributed by atoms with Crippen LogP contribution in [-0.2, 0) is 9.53 Å². The van der Waals surface area contributed by atoms with Gasteiger partial charge >= 0.3 is 6.09 Å². The van der Waals surface area contributed by atoms with Crippen LogP contribution in [0.3, 0.4) is 0 Å². The van der Waals surface area contributed by atoms with Gasteiger partial charge in [0.2, 0.25) is 0 Å². The van der Waals surface area contributed by atoms with Crippen LogP contribution in [-0.4, -0.2) is 18.0 Å². The molecule has 1 aromatic carbocycles. The minimum Gasteiger partial charge on any atom is -0.436 e. The number of hydrogen-bond acceptors (Lipinski definition) is 3. The molecule has 4 nitrogen and oxygen atoms in total. The number of amides is 1. The van der Waals surface area contributed by atoms with Gasteiger partial charge in [0.15, 0.2) is 5.60 Å². The lowest BCUT2D eigenvalue weighted by Crippen LogP contribution is -2.31. The molecule has 1 aromatic rings. The standard InChI is InChI=1S/C17H17NO3/c1-17-12-13(6-5-11-19)9-10-15(17)18(16(20)21-17)14-7-3-2-4-8-14/h2-4,7-11H,5-6,12H2,1H3. The second-order valence-electron chi connectivity index (χ2n) is 5.53. The molecule has 1 heterocycles. The van der Waals surface area contributed by atoms with E-state index in [1.54, 1.807) is 4.90 Å². The average molecular weight is 283 g/mol. The maximum atomic E-state index is 12.3. The van der Waals surface area contributed by atoms with Crippen LogP contribution in [0, 0.1) is 0 Å². The maximum absolute atomic E-state index is 12.3. The molecular weight excluding hydrogens is 266 g/mol. The Morgan fingerprint density at radius 1 is 1.29 bits per heavy atom. The third-order valence-corrected chi connectivity index (χ3v) is 3.92. The number of rotatable bonds is 4. The SMILES string of the molecule is CC12CC(CCC=O)=CC=C1N(c1ccccc1)C(=O)O2. The molecule has 3 rings (SSSR count). The van der Waals surface area contributed by atoms with Crippen molar-refractivity contribution < 1.29 is 14.3 Å². The molecule has 0 radical (unpaired) electrons. The zero-order chi connectivity index (χ0) is 14.9. The van der Waals surface area contributed by atoms with Gasteiger partial charge in [0.25, 0.3) is 0 Å². The summed E-state index contributed by atoms with van der Waals surface area (Å²) < 4.78 is 5.62. The van der Waals surface area contributed by atoms with Crippen LogP contribution in [0.5, 0.6) is 0 Å². The van der Waals surface area contributed by atoms with Crippen molar-refractivity contribution in [2.24, 2.45) is 0 Å². The van der Waals surface area contributed by atoms with E-state index in [9.17, 15) is 9.59 Å². The Bertz CT molecular complexity index is 633. The fraction of sp³-hybridized carbons (Fsp3) is 0.294. The molecule has 1 unspecified atom stereocenters. The minimum absolute atomic E-state index is 0.347. The van der Waals surface area contributed by atoms with Crippen molar-refractivity contribution in [3.8, 4) is 0 Å². The largest absolute Gasteiger partial charge is 0.436 e. The van der Waals surface area contributed by atoms with Crippen LogP contribution < -0.4 is 4.90 Å². The van der Waals surface area contributed by atoms with E-state index in [0.717, 1.165) is 23.2 Å². The quantitative estimate of drug-likeness (QED) is 0.793. The fourth-order valence-corrected chi connectivity index (χ4v) is 2.93. The van der Waals surface area contributed by atoms with Gasteiger partial charge in [0.05, 0.1) is 11.4 Å². The average Bonchev–Trinajstić information content (AvgIpc) is 2.75. The molecule has 0 N–H and O–H groups in total. The van der Waals surface area contributed by atoms with Gasteiger partial charge < -0.3 is 9.53 Å². The molecule has 1 amide bonds. The molecule has 0 bridgehead atoms. The van der Waals surface area contributed by atoms with E-state index >= 15 is 0 Å². The van der Waals surface area contributed by atoms with Gasteiger partial charge in [-0.2, -0.15) is 0 Å². The first-order valence-electron chi connectivity index (χ1n) is 7.06. The number of para-hydroxylation sites is 1. The Morgan fingerprint density at radius 3 is 2.76 bits per heavy atom. The lowest BCUT2D eigenvalue weighted by Gasteiger charge is -2.29. The van der Waals surface area contributed by atoms with Crippen LogP contribution in [0.4, 0.5) is 10.5 Å². The highest BCUT2D eigenvalue weighted by atomic mass is 16.6. The molecule has 108 valence electrons. The van der Waals surface area contributed by atoms with Crippen LogP contribution in [0.25, 0.3) is 0 Å². The molecule has 1 fully saturated rings. The van der Waals surface area contributed by atoms with Gasteiger partial charge in [-0.3, -0.25) is 0 Å². The Hall–Kier alpha value is -2.36. The topological polar surface area (TPSA) is 46.6 Å². The number of ether oxygens (including phenoxy) is 1. The smallest absolute Gasteiger partial charge is 0.419 e. The number of aldehydes is 1. The van der Waals surface area contributed by atoms with E-state index < -0.39 is 5.60 Å². The Kier molecular flexibility index (Phi) is 3.37. The Morgan fingerprint density at radius 2 is 2.05 bits per heavy atom. The number of carbonyl (C=O) groups is 2. The number of fused-ring (bicyclic) bond motifs is 1. The highest BCUT2D eigenvalue weighted by Gasteiger charge is 2.48. The molecular formula is C17H17NO3. The molecule has 1 aliphatic heterocycles. The summed E-state index contributed by atoms with van der Waals surface area (Å²) in [6.45, 7) is 1.92. The zero-order valence-electron chi connectivity index (χ0n) is 11.9. The summed E-state index contributed by atoms with van der Waals surface area (Å²) in [5, 5.41) is 0. The van der Waals surface area contributed by atoms with Crippen LogP contribution in [0.2, 0.25) is 0 Å². The molecule has 0 aromatic heterocycles. The third-order valence-electron chi connectivity index (χ3n) is 3.92. The summed E-state index contributed by atoms with van der Waals surface area (Å²) in [5.74, 6) is 0. The molecule has 21 heavy (non-hydrogen) atoms. The first-order valence-corrected chi connectivity index (χ1v) is 7.06. The normalized spacial score (nSPS) is 24.0. The summed E-state index contributed by atoms with van der Waals surface area (Å²) in [5.41, 5.74) is 2.16. The summed E-state index contributed by atoms with van der Waals surface area (Å²) in [6, 6.07) is 9.48. The van der Waals surface area contributed by atoms with Crippen LogP contribution in [0.15, 0.2) is 53.8 Å². The molecule has 4 heteroatoms. The van der Waals surface area contributed by atoms with E-state index in [1.165, 1.54) is 0 Å². The fourth-order valence-electron chi connectivity index (χ4n) is 2.93. The molecule has 1 aliphatic carbocycles. The monoisotopic (exact) mass is 283 g/mol. The molecule has 2 aliphatic rings.